The summed E-state index contributed by atoms with van der Waals surface area (Å²) < 4.78 is 5.38. The summed E-state index contributed by atoms with van der Waals surface area (Å²) in [6, 6.07) is 6.70. The molecule has 0 atom stereocenters. The molecule has 0 aromatic heterocycles. The van der Waals surface area contributed by atoms with Crippen molar-refractivity contribution < 1.29 is 19.1 Å². The van der Waals surface area contributed by atoms with E-state index < -0.39 is 24.5 Å². The first-order chi connectivity index (χ1) is 13.0. The van der Waals surface area contributed by atoms with E-state index in [0.717, 1.165) is 17.9 Å². The van der Waals surface area contributed by atoms with Gasteiger partial charge in [-0.3, -0.25) is 10.1 Å². The van der Waals surface area contributed by atoms with E-state index in [2.05, 4.69) is 10.6 Å². The van der Waals surface area contributed by atoms with Crippen LogP contribution in [0.5, 0.6) is 0 Å². The van der Waals surface area contributed by atoms with Crippen LogP contribution in [0.3, 0.4) is 0 Å². The minimum absolute atomic E-state index is 0.388. The highest BCUT2D eigenvalue weighted by Crippen LogP contribution is 2.43. The number of thioether (sulfide) groups is 2. The third-order valence-electron chi connectivity index (χ3n) is 3.84. The van der Waals surface area contributed by atoms with Gasteiger partial charge >= 0.3 is 12.0 Å². The zero-order chi connectivity index (χ0) is 19.6. The number of nitrogens with one attached hydrogen (secondary N) is 2. The summed E-state index contributed by atoms with van der Waals surface area (Å²) in [7, 11) is 0. The molecule has 148 valence electrons. The van der Waals surface area contributed by atoms with Gasteiger partial charge < -0.3 is 10.1 Å². The Kier molecular flexibility index (Phi) is 9.00. The lowest BCUT2D eigenvalue weighted by atomic mass is 10.1. The predicted molar refractivity (Wildman–Crippen MR) is 110 cm³/mol. The Bertz CT molecular complexity index is 644. The molecule has 3 amide bonds. The molecular weight excluding hydrogens is 384 g/mol. The molecule has 0 aliphatic carbocycles. The molecule has 1 aromatic rings. The Morgan fingerprint density at radius 2 is 1.81 bits per heavy atom. The van der Waals surface area contributed by atoms with Crippen LogP contribution < -0.4 is 10.6 Å². The van der Waals surface area contributed by atoms with E-state index in [0.29, 0.717) is 22.6 Å². The van der Waals surface area contributed by atoms with Crippen LogP contribution in [0.15, 0.2) is 24.3 Å². The highest BCUT2D eigenvalue weighted by molar-refractivity contribution is 8.16. The van der Waals surface area contributed by atoms with E-state index in [1.54, 1.807) is 12.1 Å². The monoisotopic (exact) mass is 410 g/mol. The fourth-order valence-corrected chi connectivity index (χ4v) is 5.25. The van der Waals surface area contributed by atoms with Crippen LogP contribution in [0.1, 0.15) is 47.2 Å². The Labute approximate surface area is 168 Å². The molecule has 8 heteroatoms. The maximum Gasteiger partial charge on any atom is 0.338 e. The number of esters is 1. The summed E-state index contributed by atoms with van der Waals surface area (Å²) in [5, 5.41) is 4.73. The predicted octanol–water partition coefficient (Wildman–Crippen LogP) is 3.58. The Balaban J connectivity index is 1.73. The highest BCUT2D eigenvalue weighted by Gasteiger charge is 2.17. The molecule has 0 unspecified atom stereocenters. The van der Waals surface area contributed by atoms with Gasteiger partial charge in [-0.2, -0.15) is 0 Å². The number of benzene rings is 1. The number of imide groups is 1. The fourth-order valence-electron chi connectivity index (χ4n) is 2.35. The average Bonchev–Trinajstić information content (AvgIpc) is 2.66. The van der Waals surface area contributed by atoms with Crippen molar-refractivity contribution in [3.63, 3.8) is 0 Å². The first kappa shape index (κ1) is 21.6. The minimum atomic E-state index is -0.656. The number of carbonyl (C=O) groups excluding carboxylic acids is 3. The van der Waals surface area contributed by atoms with E-state index in [4.69, 9.17) is 4.74 Å². The summed E-state index contributed by atoms with van der Waals surface area (Å²) >= 11 is 3.83. The second-order valence-electron chi connectivity index (χ2n) is 6.61. The van der Waals surface area contributed by atoms with E-state index >= 15 is 0 Å². The van der Waals surface area contributed by atoms with Gasteiger partial charge in [-0.15, -0.1) is 23.5 Å². The van der Waals surface area contributed by atoms with E-state index in [9.17, 15) is 14.4 Å². The van der Waals surface area contributed by atoms with Gasteiger partial charge in [-0.1, -0.05) is 26.0 Å². The highest BCUT2D eigenvalue weighted by atomic mass is 32.2. The lowest BCUT2D eigenvalue weighted by Gasteiger charge is -2.21. The molecule has 6 nitrogen and oxygen atoms in total. The molecule has 27 heavy (non-hydrogen) atoms. The zero-order valence-corrected chi connectivity index (χ0v) is 17.3. The summed E-state index contributed by atoms with van der Waals surface area (Å²) in [4.78, 5) is 35.3. The van der Waals surface area contributed by atoms with Crippen molar-refractivity contribution in [1.82, 2.24) is 10.6 Å². The number of hydrogen-bond acceptors (Lipinski definition) is 6. The first-order valence-corrected chi connectivity index (χ1v) is 11.1. The molecule has 1 aliphatic heterocycles. The Morgan fingerprint density at radius 3 is 2.44 bits per heavy atom. The molecular formula is C19H26N2O4S2. The summed E-state index contributed by atoms with van der Waals surface area (Å²) in [5.74, 6) is 1.53. The van der Waals surface area contributed by atoms with Gasteiger partial charge in [-0.05, 0) is 48.0 Å². The number of amides is 3. The van der Waals surface area contributed by atoms with Crippen molar-refractivity contribution in [1.29, 1.82) is 0 Å². The number of carbonyl (C=O) groups is 3. The lowest BCUT2D eigenvalue weighted by Crippen LogP contribution is -2.41. The summed E-state index contributed by atoms with van der Waals surface area (Å²) in [6.07, 6.45) is 2.05. The van der Waals surface area contributed by atoms with Crippen LogP contribution in [0.25, 0.3) is 0 Å². The van der Waals surface area contributed by atoms with Gasteiger partial charge in [0.2, 0.25) is 0 Å². The quantitative estimate of drug-likeness (QED) is 0.669. The molecule has 0 spiro atoms. The standard InChI is InChI=1S/C19H26N2O4S2/c1-13(2)8-9-20-19(24)21-16(22)12-25-17(23)14-4-6-15(7-5-14)18-26-10-3-11-27-18/h4-7,13,18H,3,8-12H2,1-2H3,(H2,20,21,22,24). The first-order valence-electron chi connectivity index (χ1n) is 9.03. The van der Waals surface area contributed by atoms with Gasteiger partial charge in [0, 0.05) is 6.54 Å². The largest absolute Gasteiger partial charge is 0.452 e. The van der Waals surface area contributed by atoms with E-state index in [1.165, 1.54) is 12.0 Å². The van der Waals surface area contributed by atoms with Crippen LogP contribution in [-0.2, 0) is 9.53 Å². The Morgan fingerprint density at radius 1 is 1.15 bits per heavy atom. The van der Waals surface area contributed by atoms with Crippen molar-refractivity contribution in [3.05, 3.63) is 35.4 Å². The Hall–Kier alpha value is -1.67. The molecule has 0 radical (unpaired) electrons. The molecule has 0 saturated carbocycles. The number of urea groups is 1. The van der Waals surface area contributed by atoms with Crippen molar-refractivity contribution in [2.45, 2.75) is 31.3 Å². The number of ether oxygens (including phenoxy) is 1. The second-order valence-corrected chi connectivity index (χ2v) is 9.34. The van der Waals surface area contributed by atoms with Crippen molar-refractivity contribution >= 4 is 41.4 Å². The third-order valence-corrected chi connectivity index (χ3v) is 6.86. The molecule has 2 N–H and O–H groups in total. The van der Waals surface area contributed by atoms with E-state index in [-0.39, 0.29) is 0 Å². The molecule has 2 rings (SSSR count). The van der Waals surface area contributed by atoms with Crippen LogP contribution in [0.4, 0.5) is 4.79 Å². The number of hydrogen-bond donors (Lipinski definition) is 2. The average molecular weight is 411 g/mol. The second kappa shape index (κ2) is 11.2. The molecule has 1 aliphatic rings. The fraction of sp³-hybridized carbons (Fsp3) is 0.526. The van der Waals surface area contributed by atoms with Crippen LogP contribution in [0, 0.1) is 5.92 Å². The molecule has 1 saturated heterocycles. The van der Waals surface area contributed by atoms with Crippen LogP contribution >= 0.6 is 23.5 Å². The maximum atomic E-state index is 12.1. The van der Waals surface area contributed by atoms with Crippen LogP contribution in [-0.4, -0.2) is 42.6 Å². The van der Waals surface area contributed by atoms with Crippen LogP contribution in [0.2, 0.25) is 0 Å². The van der Waals surface area contributed by atoms with Crippen molar-refractivity contribution in [3.8, 4) is 0 Å². The molecule has 1 fully saturated rings. The molecule has 0 bridgehead atoms. The maximum absolute atomic E-state index is 12.1. The van der Waals surface area contributed by atoms with Gasteiger partial charge in [0.25, 0.3) is 5.91 Å². The normalized spacial score (nSPS) is 14.6. The van der Waals surface area contributed by atoms with E-state index in [1.807, 2.05) is 49.5 Å². The molecule has 1 heterocycles. The van der Waals surface area contributed by atoms with Gasteiger partial charge in [-0.25, -0.2) is 9.59 Å². The zero-order valence-electron chi connectivity index (χ0n) is 15.7. The summed E-state index contributed by atoms with van der Waals surface area (Å²) in [5.41, 5.74) is 1.57. The third kappa shape index (κ3) is 7.84. The minimum Gasteiger partial charge on any atom is -0.452 e. The SMILES string of the molecule is CC(C)CCNC(=O)NC(=O)COC(=O)c1ccc(C2SCCCS2)cc1. The van der Waals surface area contributed by atoms with Gasteiger partial charge in [0.1, 0.15) is 0 Å². The number of rotatable bonds is 7. The lowest BCUT2D eigenvalue weighted by molar-refractivity contribution is -0.123. The topological polar surface area (TPSA) is 84.5 Å². The van der Waals surface area contributed by atoms with Gasteiger partial charge in [0.05, 0.1) is 10.1 Å². The summed E-state index contributed by atoms with van der Waals surface area (Å²) in [6.45, 7) is 4.08. The van der Waals surface area contributed by atoms with Gasteiger partial charge in [0.15, 0.2) is 6.61 Å². The van der Waals surface area contributed by atoms with Crippen molar-refractivity contribution in [2.24, 2.45) is 5.92 Å². The van der Waals surface area contributed by atoms with Crippen molar-refractivity contribution in [2.75, 3.05) is 24.7 Å². The smallest absolute Gasteiger partial charge is 0.338 e. The molecule has 1 aromatic carbocycles.